The van der Waals surface area contributed by atoms with E-state index in [4.69, 9.17) is 0 Å². The number of nitrogens with one attached hydrogen (secondary N) is 1. The van der Waals surface area contributed by atoms with Crippen molar-refractivity contribution < 1.29 is 0 Å². The number of piperazine rings is 1. The fourth-order valence-corrected chi connectivity index (χ4v) is 2.38. The summed E-state index contributed by atoms with van der Waals surface area (Å²) in [7, 11) is 0. The van der Waals surface area contributed by atoms with Crippen LogP contribution in [0.2, 0.25) is 0 Å². The molecule has 1 aromatic heterocycles. The maximum Gasteiger partial charge on any atom is 0.0572 e. The minimum Gasteiger partial charge on any atom is -0.311 e. The van der Waals surface area contributed by atoms with Crippen LogP contribution in [0.4, 0.5) is 0 Å². The van der Waals surface area contributed by atoms with Crippen molar-refractivity contribution in [2.24, 2.45) is 0 Å². The van der Waals surface area contributed by atoms with Gasteiger partial charge in [-0.2, -0.15) is 0 Å². The molecule has 0 aromatic carbocycles. The first-order valence-corrected chi connectivity index (χ1v) is 6.08. The van der Waals surface area contributed by atoms with Gasteiger partial charge >= 0.3 is 0 Å². The van der Waals surface area contributed by atoms with Gasteiger partial charge in [0.25, 0.3) is 0 Å². The lowest BCUT2D eigenvalue weighted by Crippen LogP contribution is -2.54. The van der Waals surface area contributed by atoms with Gasteiger partial charge in [0.2, 0.25) is 0 Å². The van der Waals surface area contributed by atoms with Crippen LogP contribution in [0, 0.1) is 0 Å². The Labute approximate surface area is 97.9 Å². The highest BCUT2D eigenvalue weighted by molar-refractivity contribution is 5.09. The van der Waals surface area contributed by atoms with Gasteiger partial charge in [0, 0.05) is 37.4 Å². The van der Waals surface area contributed by atoms with Gasteiger partial charge in [-0.05, 0) is 32.9 Å². The average molecular weight is 219 g/mol. The quantitative estimate of drug-likeness (QED) is 0.822. The minimum atomic E-state index is 0.403. The second-order valence-electron chi connectivity index (χ2n) is 4.79. The van der Waals surface area contributed by atoms with Crippen molar-refractivity contribution in [1.82, 2.24) is 15.2 Å². The molecule has 0 aliphatic carbocycles. The number of hydrogen-bond donors (Lipinski definition) is 1. The monoisotopic (exact) mass is 219 g/mol. The van der Waals surface area contributed by atoms with Crippen LogP contribution >= 0.6 is 0 Å². The Morgan fingerprint density at radius 1 is 1.44 bits per heavy atom. The molecule has 1 saturated heterocycles. The van der Waals surface area contributed by atoms with E-state index in [1.54, 1.807) is 0 Å². The highest BCUT2D eigenvalue weighted by atomic mass is 15.3. The Balaban J connectivity index is 2.11. The van der Waals surface area contributed by atoms with Crippen LogP contribution in [0.25, 0.3) is 0 Å². The second kappa shape index (κ2) is 4.93. The molecule has 0 saturated carbocycles. The summed E-state index contributed by atoms with van der Waals surface area (Å²) in [5.74, 6) is 0. The third kappa shape index (κ3) is 2.42. The predicted octanol–water partition coefficient (Wildman–Crippen LogP) is 1.82. The SMILES string of the molecule is CC1CN(C(C)c2ccccn2)C(C)CN1. The molecule has 0 amide bonds. The Morgan fingerprint density at radius 3 is 2.94 bits per heavy atom. The Hall–Kier alpha value is -0.930. The summed E-state index contributed by atoms with van der Waals surface area (Å²) in [6.45, 7) is 8.93. The van der Waals surface area contributed by atoms with E-state index in [1.165, 1.54) is 5.69 Å². The molecule has 0 bridgehead atoms. The maximum atomic E-state index is 4.45. The molecule has 0 radical (unpaired) electrons. The van der Waals surface area contributed by atoms with Gasteiger partial charge < -0.3 is 5.32 Å². The normalized spacial score (nSPS) is 28.9. The summed E-state index contributed by atoms with van der Waals surface area (Å²) >= 11 is 0. The number of nitrogens with zero attached hydrogens (tertiary/aromatic N) is 2. The Kier molecular flexibility index (Phi) is 3.56. The topological polar surface area (TPSA) is 28.2 Å². The number of aromatic nitrogens is 1. The van der Waals surface area contributed by atoms with Crippen molar-refractivity contribution in [3.8, 4) is 0 Å². The molecule has 2 heterocycles. The van der Waals surface area contributed by atoms with E-state index in [2.05, 4.69) is 48.1 Å². The zero-order chi connectivity index (χ0) is 11.5. The highest BCUT2D eigenvalue weighted by Gasteiger charge is 2.27. The smallest absolute Gasteiger partial charge is 0.0572 e. The summed E-state index contributed by atoms with van der Waals surface area (Å²) in [4.78, 5) is 6.98. The Morgan fingerprint density at radius 2 is 2.25 bits per heavy atom. The number of rotatable bonds is 2. The first-order chi connectivity index (χ1) is 7.68. The van der Waals surface area contributed by atoms with Crippen LogP contribution in [-0.4, -0.2) is 35.1 Å². The highest BCUT2D eigenvalue weighted by Crippen LogP contribution is 2.22. The van der Waals surface area contributed by atoms with E-state index >= 15 is 0 Å². The lowest BCUT2D eigenvalue weighted by Gasteiger charge is -2.41. The van der Waals surface area contributed by atoms with Crippen molar-refractivity contribution in [3.05, 3.63) is 30.1 Å². The van der Waals surface area contributed by atoms with E-state index < -0.39 is 0 Å². The van der Waals surface area contributed by atoms with Gasteiger partial charge in [-0.15, -0.1) is 0 Å². The van der Waals surface area contributed by atoms with Crippen LogP contribution in [0.5, 0.6) is 0 Å². The first kappa shape index (κ1) is 11.6. The number of pyridine rings is 1. The van der Waals surface area contributed by atoms with Crippen LogP contribution in [0.15, 0.2) is 24.4 Å². The fourth-order valence-electron chi connectivity index (χ4n) is 2.38. The van der Waals surface area contributed by atoms with Gasteiger partial charge in [0.15, 0.2) is 0 Å². The summed E-state index contributed by atoms with van der Waals surface area (Å²) < 4.78 is 0. The molecule has 88 valence electrons. The van der Waals surface area contributed by atoms with Crippen molar-refractivity contribution in [2.75, 3.05) is 13.1 Å². The zero-order valence-corrected chi connectivity index (χ0v) is 10.4. The third-order valence-electron chi connectivity index (χ3n) is 3.43. The molecule has 16 heavy (non-hydrogen) atoms. The van der Waals surface area contributed by atoms with E-state index in [9.17, 15) is 0 Å². The summed E-state index contributed by atoms with van der Waals surface area (Å²) in [6.07, 6.45) is 1.88. The van der Waals surface area contributed by atoms with Crippen molar-refractivity contribution in [1.29, 1.82) is 0 Å². The standard InChI is InChI=1S/C13H21N3/c1-10-9-16(11(2)8-15-10)12(3)13-6-4-5-7-14-13/h4-7,10-12,15H,8-9H2,1-3H3. The van der Waals surface area contributed by atoms with E-state index in [1.807, 2.05) is 12.3 Å². The van der Waals surface area contributed by atoms with Gasteiger partial charge in [-0.25, -0.2) is 0 Å². The molecule has 3 unspecified atom stereocenters. The third-order valence-corrected chi connectivity index (χ3v) is 3.43. The predicted molar refractivity (Wildman–Crippen MR) is 66.3 cm³/mol. The van der Waals surface area contributed by atoms with E-state index in [0.717, 1.165) is 13.1 Å². The molecular weight excluding hydrogens is 198 g/mol. The van der Waals surface area contributed by atoms with Gasteiger partial charge in [-0.3, -0.25) is 9.88 Å². The number of hydrogen-bond acceptors (Lipinski definition) is 3. The molecule has 3 heteroatoms. The molecule has 1 aliphatic rings. The van der Waals surface area contributed by atoms with Crippen molar-refractivity contribution in [3.63, 3.8) is 0 Å². The molecule has 1 fully saturated rings. The second-order valence-corrected chi connectivity index (χ2v) is 4.79. The zero-order valence-electron chi connectivity index (χ0n) is 10.4. The first-order valence-electron chi connectivity index (χ1n) is 6.08. The van der Waals surface area contributed by atoms with Gasteiger partial charge in [0.1, 0.15) is 0 Å². The van der Waals surface area contributed by atoms with Crippen LogP contribution in [-0.2, 0) is 0 Å². The maximum absolute atomic E-state index is 4.45. The molecule has 1 aliphatic heterocycles. The largest absolute Gasteiger partial charge is 0.311 e. The Bertz CT molecular complexity index is 325. The fraction of sp³-hybridized carbons (Fsp3) is 0.615. The van der Waals surface area contributed by atoms with Crippen molar-refractivity contribution in [2.45, 2.75) is 38.9 Å². The molecular formula is C13H21N3. The average Bonchev–Trinajstić information content (AvgIpc) is 2.32. The molecule has 1 N–H and O–H groups in total. The molecule has 3 nitrogen and oxygen atoms in total. The summed E-state index contributed by atoms with van der Waals surface area (Å²) in [5.41, 5.74) is 1.17. The van der Waals surface area contributed by atoms with Gasteiger partial charge in [0.05, 0.1) is 5.69 Å². The molecule has 1 aromatic rings. The van der Waals surface area contributed by atoms with Gasteiger partial charge in [-0.1, -0.05) is 6.07 Å². The molecule has 2 rings (SSSR count). The lowest BCUT2D eigenvalue weighted by atomic mass is 10.1. The summed E-state index contributed by atoms with van der Waals surface area (Å²) in [5, 5.41) is 3.51. The molecule has 0 spiro atoms. The van der Waals surface area contributed by atoms with E-state index in [0.29, 0.717) is 18.1 Å². The van der Waals surface area contributed by atoms with E-state index in [-0.39, 0.29) is 0 Å². The van der Waals surface area contributed by atoms with Crippen molar-refractivity contribution >= 4 is 0 Å². The van der Waals surface area contributed by atoms with Crippen LogP contribution in [0.3, 0.4) is 0 Å². The van der Waals surface area contributed by atoms with Crippen LogP contribution < -0.4 is 5.32 Å². The van der Waals surface area contributed by atoms with Crippen LogP contribution in [0.1, 0.15) is 32.5 Å². The minimum absolute atomic E-state index is 0.403. The lowest BCUT2D eigenvalue weighted by molar-refractivity contribution is 0.101. The summed E-state index contributed by atoms with van der Waals surface area (Å²) in [6, 6.07) is 7.70. The molecule has 3 atom stereocenters.